The molecule has 68 valence electrons. The van der Waals surface area contributed by atoms with Crippen molar-refractivity contribution in [2.75, 3.05) is 13.2 Å². The van der Waals surface area contributed by atoms with Crippen LogP contribution in [0.4, 0.5) is 0 Å². The molecule has 0 aliphatic rings. The summed E-state index contributed by atoms with van der Waals surface area (Å²) in [4.78, 5) is 3.13. The molecule has 2 aromatic rings. The van der Waals surface area contributed by atoms with Crippen LogP contribution in [0.1, 0.15) is 0 Å². The number of H-pyrrole nitrogens is 1. The maximum absolute atomic E-state index is 5.47. The van der Waals surface area contributed by atoms with Crippen molar-refractivity contribution in [3.05, 3.63) is 30.5 Å². The molecule has 0 amide bonds. The predicted octanol–water partition coefficient (Wildman–Crippen LogP) is 1.51. The van der Waals surface area contributed by atoms with E-state index in [0.717, 1.165) is 16.7 Å². The SMILES string of the molecule is NCCOc1cccc2cc[nH]c12. The van der Waals surface area contributed by atoms with Gasteiger partial charge in [0.2, 0.25) is 0 Å². The summed E-state index contributed by atoms with van der Waals surface area (Å²) in [5.41, 5.74) is 6.40. The first-order chi connectivity index (χ1) is 6.42. The van der Waals surface area contributed by atoms with Crippen molar-refractivity contribution in [2.45, 2.75) is 0 Å². The Morgan fingerprint density at radius 3 is 3.08 bits per heavy atom. The summed E-state index contributed by atoms with van der Waals surface area (Å²) in [7, 11) is 0. The van der Waals surface area contributed by atoms with Crippen LogP contribution in [-0.2, 0) is 0 Å². The van der Waals surface area contributed by atoms with Crippen LogP contribution in [-0.4, -0.2) is 18.1 Å². The van der Waals surface area contributed by atoms with Crippen LogP contribution >= 0.6 is 0 Å². The highest BCUT2D eigenvalue weighted by atomic mass is 16.5. The second-order valence-corrected chi connectivity index (χ2v) is 2.84. The molecule has 1 aromatic carbocycles. The van der Waals surface area contributed by atoms with Crippen molar-refractivity contribution >= 4 is 10.9 Å². The van der Waals surface area contributed by atoms with E-state index in [-0.39, 0.29) is 0 Å². The van der Waals surface area contributed by atoms with Crippen molar-refractivity contribution in [3.8, 4) is 5.75 Å². The van der Waals surface area contributed by atoms with Gasteiger partial charge >= 0.3 is 0 Å². The number of aromatic nitrogens is 1. The molecule has 0 saturated heterocycles. The van der Waals surface area contributed by atoms with Gasteiger partial charge in [-0.3, -0.25) is 0 Å². The normalized spacial score (nSPS) is 10.5. The van der Waals surface area contributed by atoms with E-state index in [4.69, 9.17) is 10.5 Å². The zero-order valence-electron chi connectivity index (χ0n) is 7.29. The topological polar surface area (TPSA) is 51.0 Å². The predicted molar refractivity (Wildman–Crippen MR) is 52.8 cm³/mol. The summed E-state index contributed by atoms with van der Waals surface area (Å²) < 4.78 is 5.47. The van der Waals surface area contributed by atoms with E-state index in [1.165, 1.54) is 0 Å². The fourth-order valence-corrected chi connectivity index (χ4v) is 1.35. The number of ether oxygens (including phenoxy) is 1. The van der Waals surface area contributed by atoms with E-state index in [1.54, 1.807) is 0 Å². The van der Waals surface area contributed by atoms with Crippen molar-refractivity contribution in [2.24, 2.45) is 5.73 Å². The zero-order valence-corrected chi connectivity index (χ0v) is 7.29. The van der Waals surface area contributed by atoms with Crippen LogP contribution in [0, 0.1) is 0 Å². The molecule has 1 aromatic heterocycles. The van der Waals surface area contributed by atoms with Crippen LogP contribution in [0.5, 0.6) is 5.75 Å². The van der Waals surface area contributed by atoms with Gasteiger partial charge in [0, 0.05) is 18.1 Å². The Hall–Kier alpha value is -1.48. The zero-order chi connectivity index (χ0) is 9.10. The molecule has 0 fully saturated rings. The molecule has 13 heavy (non-hydrogen) atoms. The second kappa shape index (κ2) is 3.49. The quantitative estimate of drug-likeness (QED) is 0.744. The molecule has 0 aliphatic heterocycles. The molecule has 3 heteroatoms. The van der Waals surface area contributed by atoms with Gasteiger partial charge in [-0.2, -0.15) is 0 Å². The highest BCUT2D eigenvalue weighted by Crippen LogP contribution is 2.23. The Kier molecular flexibility index (Phi) is 2.19. The number of para-hydroxylation sites is 1. The number of nitrogens with two attached hydrogens (primary N) is 1. The smallest absolute Gasteiger partial charge is 0.143 e. The molecule has 3 nitrogen and oxygen atoms in total. The average Bonchev–Trinajstić information content (AvgIpc) is 2.62. The second-order valence-electron chi connectivity index (χ2n) is 2.84. The largest absolute Gasteiger partial charge is 0.490 e. The third kappa shape index (κ3) is 1.51. The lowest BCUT2D eigenvalue weighted by atomic mass is 10.2. The standard InChI is InChI=1S/C10H12N2O/c11-5-7-13-9-3-1-2-8-4-6-12-10(8)9/h1-4,6,12H,5,7,11H2. The van der Waals surface area contributed by atoms with Crippen LogP contribution < -0.4 is 10.5 Å². The minimum Gasteiger partial charge on any atom is -0.490 e. The first kappa shape index (κ1) is 8.13. The molecule has 2 rings (SSSR count). The van der Waals surface area contributed by atoms with Crippen molar-refractivity contribution < 1.29 is 4.74 Å². The Balaban J connectivity index is 2.37. The Labute approximate surface area is 76.5 Å². The van der Waals surface area contributed by atoms with Gasteiger partial charge in [0.15, 0.2) is 0 Å². The van der Waals surface area contributed by atoms with E-state index in [2.05, 4.69) is 4.98 Å². The van der Waals surface area contributed by atoms with Crippen molar-refractivity contribution in [3.63, 3.8) is 0 Å². The summed E-state index contributed by atoms with van der Waals surface area (Å²) in [5, 5.41) is 1.16. The first-order valence-electron chi connectivity index (χ1n) is 4.31. The maximum atomic E-state index is 5.47. The molecule has 0 unspecified atom stereocenters. The minimum absolute atomic E-state index is 0.539. The first-order valence-corrected chi connectivity index (χ1v) is 4.31. The number of rotatable bonds is 3. The van der Waals surface area contributed by atoms with Gasteiger partial charge in [0.05, 0.1) is 5.52 Å². The van der Waals surface area contributed by atoms with E-state index in [9.17, 15) is 0 Å². The van der Waals surface area contributed by atoms with Gasteiger partial charge < -0.3 is 15.5 Å². The molecular weight excluding hydrogens is 164 g/mol. The maximum Gasteiger partial charge on any atom is 0.143 e. The van der Waals surface area contributed by atoms with Gasteiger partial charge in [0.25, 0.3) is 0 Å². The molecule has 0 bridgehead atoms. The number of hydrogen-bond acceptors (Lipinski definition) is 2. The third-order valence-corrected chi connectivity index (χ3v) is 1.92. The molecule has 0 atom stereocenters. The monoisotopic (exact) mass is 176 g/mol. The molecule has 0 radical (unpaired) electrons. The van der Waals surface area contributed by atoms with Gasteiger partial charge in [-0.25, -0.2) is 0 Å². The number of aromatic amines is 1. The van der Waals surface area contributed by atoms with E-state index >= 15 is 0 Å². The van der Waals surface area contributed by atoms with E-state index in [1.807, 2.05) is 30.5 Å². The van der Waals surface area contributed by atoms with Crippen LogP contribution in [0.2, 0.25) is 0 Å². The molecule has 0 saturated carbocycles. The summed E-state index contributed by atoms with van der Waals surface area (Å²) >= 11 is 0. The molecule has 1 heterocycles. The molecular formula is C10H12N2O. The van der Waals surface area contributed by atoms with E-state index in [0.29, 0.717) is 13.2 Å². The highest BCUT2D eigenvalue weighted by molar-refractivity contribution is 5.85. The minimum atomic E-state index is 0.539. The van der Waals surface area contributed by atoms with Crippen LogP contribution in [0.25, 0.3) is 10.9 Å². The van der Waals surface area contributed by atoms with Gasteiger partial charge in [0.1, 0.15) is 12.4 Å². The van der Waals surface area contributed by atoms with Gasteiger partial charge in [-0.1, -0.05) is 12.1 Å². The third-order valence-electron chi connectivity index (χ3n) is 1.92. The lowest BCUT2D eigenvalue weighted by Gasteiger charge is -2.04. The summed E-state index contributed by atoms with van der Waals surface area (Å²) in [5.74, 6) is 0.868. The molecule has 0 aliphatic carbocycles. The summed E-state index contributed by atoms with van der Waals surface area (Å²) in [6.45, 7) is 1.09. The van der Waals surface area contributed by atoms with Gasteiger partial charge in [-0.15, -0.1) is 0 Å². The fourth-order valence-electron chi connectivity index (χ4n) is 1.35. The highest BCUT2D eigenvalue weighted by Gasteiger charge is 2.00. The van der Waals surface area contributed by atoms with Crippen molar-refractivity contribution in [1.29, 1.82) is 0 Å². The Bertz CT molecular complexity index is 394. The molecule has 0 spiro atoms. The fraction of sp³-hybridized carbons (Fsp3) is 0.200. The van der Waals surface area contributed by atoms with Gasteiger partial charge in [-0.05, 0) is 12.1 Å². The lowest BCUT2D eigenvalue weighted by molar-refractivity contribution is 0.331. The number of nitrogens with one attached hydrogen (secondary N) is 1. The molecule has 3 N–H and O–H groups in total. The van der Waals surface area contributed by atoms with Crippen LogP contribution in [0.3, 0.4) is 0 Å². The Morgan fingerprint density at radius 1 is 1.31 bits per heavy atom. The van der Waals surface area contributed by atoms with E-state index < -0.39 is 0 Å². The summed E-state index contributed by atoms with van der Waals surface area (Å²) in [6, 6.07) is 7.97. The summed E-state index contributed by atoms with van der Waals surface area (Å²) in [6.07, 6.45) is 1.90. The lowest BCUT2D eigenvalue weighted by Crippen LogP contribution is -2.10. The average molecular weight is 176 g/mol. The number of hydrogen-bond donors (Lipinski definition) is 2. The Morgan fingerprint density at radius 2 is 2.23 bits per heavy atom. The van der Waals surface area contributed by atoms with Crippen LogP contribution in [0.15, 0.2) is 30.5 Å². The number of benzene rings is 1. The number of fused-ring (bicyclic) bond motifs is 1. The van der Waals surface area contributed by atoms with Crippen molar-refractivity contribution in [1.82, 2.24) is 4.98 Å².